The fraction of sp³-hybridized carbons (Fsp3) is 0.636. The van der Waals surface area contributed by atoms with E-state index in [0.717, 1.165) is 45.1 Å². The lowest BCUT2D eigenvalue weighted by Gasteiger charge is -2.30. The average Bonchev–Trinajstić information content (AvgIpc) is 3.10. The van der Waals surface area contributed by atoms with Crippen LogP contribution in [0.15, 0.2) is 29.3 Å². The molecule has 0 atom stereocenters. The Balaban J connectivity index is 0.00000420. The van der Waals surface area contributed by atoms with E-state index in [2.05, 4.69) is 60.4 Å². The second-order valence-electron chi connectivity index (χ2n) is 7.97. The summed E-state index contributed by atoms with van der Waals surface area (Å²) in [5, 5.41) is 6.68. The topological polar surface area (TPSA) is 60.0 Å². The van der Waals surface area contributed by atoms with E-state index >= 15 is 0 Å². The van der Waals surface area contributed by atoms with Crippen molar-refractivity contribution in [2.24, 2.45) is 4.99 Å². The Labute approximate surface area is 193 Å². The van der Waals surface area contributed by atoms with Crippen LogP contribution in [-0.4, -0.2) is 60.4 Å². The van der Waals surface area contributed by atoms with E-state index in [1.165, 1.54) is 11.1 Å². The molecule has 29 heavy (non-hydrogen) atoms. The van der Waals surface area contributed by atoms with Crippen molar-refractivity contribution in [3.8, 4) is 0 Å². The molecule has 1 amide bonds. The fourth-order valence-corrected chi connectivity index (χ4v) is 3.75. The summed E-state index contributed by atoms with van der Waals surface area (Å²) in [5.41, 5.74) is 2.55. The minimum atomic E-state index is 0. The van der Waals surface area contributed by atoms with Crippen LogP contribution in [0.2, 0.25) is 0 Å². The normalized spacial score (nSPS) is 13.7. The number of rotatable bonds is 9. The van der Waals surface area contributed by atoms with Crippen LogP contribution in [0.5, 0.6) is 0 Å². The molecule has 2 N–H and O–H groups in total. The molecule has 1 aromatic carbocycles. The quantitative estimate of drug-likeness (QED) is 0.230. The molecule has 0 radical (unpaired) electrons. The molecule has 0 aromatic heterocycles. The molecule has 1 heterocycles. The molecule has 1 aliphatic heterocycles. The summed E-state index contributed by atoms with van der Waals surface area (Å²) in [6.07, 6.45) is 1.36. The van der Waals surface area contributed by atoms with Gasteiger partial charge < -0.3 is 15.5 Å². The lowest BCUT2D eigenvalue weighted by molar-refractivity contribution is -0.131. The third-order valence-corrected chi connectivity index (χ3v) is 5.27. The molecule has 6 nitrogen and oxygen atoms in total. The minimum Gasteiger partial charge on any atom is -0.356 e. The zero-order valence-corrected chi connectivity index (χ0v) is 20.9. The van der Waals surface area contributed by atoms with Crippen molar-refractivity contribution in [2.75, 3.05) is 26.7 Å². The van der Waals surface area contributed by atoms with Gasteiger partial charge in [-0.05, 0) is 45.2 Å². The van der Waals surface area contributed by atoms with Crippen molar-refractivity contribution in [1.82, 2.24) is 20.4 Å². The van der Waals surface area contributed by atoms with Gasteiger partial charge in [-0.1, -0.05) is 24.3 Å². The maximum absolute atomic E-state index is 12.4. The van der Waals surface area contributed by atoms with Crippen molar-refractivity contribution in [3.63, 3.8) is 0 Å². The van der Waals surface area contributed by atoms with Crippen LogP contribution in [0.4, 0.5) is 0 Å². The minimum absolute atomic E-state index is 0. The van der Waals surface area contributed by atoms with Gasteiger partial charge in [0.05, 0.1) is 0 Å². The predicted octanol–water partition coefficient (Wildman–Crippen LogP) is 3.21. The molecule has 0 saturated carbocycles. The Morgan fingerprint density at radius 2 is 1.62 bits per heavy atom. The molecule has 0 aliphatic carbocycles. The zero-order valence-electron chi connectivity index (χ0n) is 18.6. The van der Waals surface area contributed by atoms with Crippen LogP contribution < -0.4 is 10.6 Å². The molecule has 0 saturated heterocycles. The summed E-state index contributed by atoms with van der Waals surface area (Å²) >= 11 is 0. The second kappa shape index (κ2) is 13.1. The molecule has 0 spiro atoms. The first-order chi connectivity index (χ1) is 13.4. The van der Waals surface area contributed by atoms with Gasteiger partial charge in [-0.25, -0.2) is 0 Å². The number of hydrogen-bond donors (Lipinski definition) is 2. The first-order valence-corrected chi connectivity index (χ1v) is 10.5. The highest BCUT2D eigenvalue weighted by Gasteiger charge is 2.22. The van der Waals surface area contributed by atoms with E-state index in [0.29, 0.717) is 18.5 Å². The van der Waals surface area contributed by atoms with Gasteiger partial charge in [0, 0.05) is 58.3 Å². The summed E-state index contributed by atoms with van der Waals surface area (Å²) in [6, 6.07) is 9.35. The molecule has 7 heteroatoms. The van der Waals surface area contributed by atoms with E-state index in [4.69, 9.17) is 0 Å². The van der Waals surface area contributed by atoms with Crippen molar-refractivity contribution >= 4 is 35.8 Å². The summed E-state index contributed by atoms with van der Waals surface area (Å²) in [7, 11) is 1.78. The number of carbonyl (C=O) groups is 1. The molecule has 0 fully saturated rings. The van der Waals surface area contributed by atoms with Crippen LogP contribution in [0, 0.1) is 0 Å². The Morgan fingerprint density at radius 3 is 2.14 bits per heavy atom. The predicted molar refractivity (Wildman–Crippen MR) is 132 cm³/mol. The third kappa shape index (κ3) is 8.12. The summed E-state index contributed by atoms with van der Waals surface area (Å²) in [6.45, 7) is 13.0. The van der Waals surface area contributed by atoms with Gasteiger partial charge in [0.15, 0.2) is 5.96 Å². The van der Waals surface area contributed by atoms with Crippen LogP contribution in [0.1, 0.15) is 51.7 Å². The van der Waals surface area contributed by atoms with Gasteiger partial charge in [-0.2, -0.15) is 0 Å². The average molecular weight is 515 g/mol. The zero-order chi connectivity index (χ0) is 20.5. The van der Waals surface area contributed by atoms with Gasteiger partial charge in [-0.15, -0.1) is 24.0 Å². The van der Waals surface area contributed by atoms with Gasteiger partial charge >= 0.3 is 0 Å². The van der Waals surface area contributed by atoms with Crippen LogP contribution in [-0.2, 0) is 17.9 Å². The molecule has 0 bridgehead atoms. The third-order valence-electron chi connectivity index (χ3n) is 5.27. The smallest absolute Gasteiger partial charge is 0.223 e. The molecule has 1 aromatic rings. The SMILES string of the molecule is CN=C(NCCCC(=O)N1Cc2ccccc2C1)NCCN(C(C)C)C(C)C.I. The number of nitrogens with zero attached hydrogens (tertiary/aromatic N) is 3. The van der Waals surface area contributed by atoms with E-state index in [1.807, 2.05) is 17.0 Å². The summed E-state index contributed by atoms with van der Waals surface area (Å²) in [5.74, 6) is 1.03. The number of fused-ring (bicyclic) bond motifs is 1. The first-order valence-electron chi connectivity index (χ1n) is 10.5. The number of guanidine groups is 1. The van der Waals surface area contributed by atoms with Gasteiger partial charge in [0.1, 0.15) is 0 Å². The standard InChI is InChI=1S/C22H37N5O.HI/c1-17(2)27(18(3)4)14-13-25-22(23-5)24-12-8-11-21(28)26-15-19-9-6-7-10-20(19)16-26;/h6-7,9-10,17-18H,8,11-16H2,1-5H3,(H2,23,24,25);1H. The molecule has 2 rings (SSSR count). The Hall–Kier alpha value is -1.35. The maximum Gasteiger partial charge on any atom is 0.223 e. The monoisotopic (exact) mass is 515 g/mol. The molecular weight excluding hydrogens is 477 g/mol. The van der Waals surface area contributed by atoms with Crippen molar-refractivity contribution in [2.45, 2.75) is 65.7 Å². The Kier molecular flexibility index (Phi) is 11.6. The molecule has 0 unspecified atom stereocenters. The van der Waals surface area contributed by atoms with Crippen molar-refractivity contribution in [1.29, 1.82) is 0 Å². The molecule has 1 aliphatic rings. The molecular formula is C22H38IN5O. The Bertz CT molecular complexity index is 629. The molecule has 164 valence electrons. The first kappa shape index (κ1) is 25.7. The van der Waals surface area contributed by atoms with Gasteiger partial charge in [0.25, 0.3) is 0 Å². The summed E-state index contributed by atoms with van der Waals surface area (Å²) < 4.78 is 0. The maximum atomic E-state index is 12.4. The Morgan fingerprint density at radius 1 is 1.07 bits per heavy atom. The summed E-state index contributed by atoms with van der Waals surface area (Å²) in [4.78, 5) is 21.1. The van der Waals surface area contributed by atoms with E-state index < -0.39 is 0 Å². The van der Waals surface area contributed by atoms with Crippen LogP contribution >= 0.6 is 24.0 Å². The van der Waals surface area contributed by atoms with Crippen LogP contribution in [0.3, 0.4) is 0 Å². The van der Waals surface area contributed by atoms with Crippen LogP contribution in [0.25, 0.3) is 0 Å². The highest BCUT2D eigenvalue weighted by Crippen LogP contribution is 2.22. The largest absolute Gasteiger partial charge is 0.356 e. The van der Waals surface area contributed by atoms with E-state index in [-0.39, 0.29) is 29.9 Å². The highest BCUT2D eigenvalue weighted by molar-refractivity contribution is 14.0. The number of amides is 1. The number of carbonyl (C=O) groups excluding carboxylic acids is 1. The van der Waals surface area contributed by atoms with E-state index in [9.17, 15) is 4.79 Å². The van der Waals surface area contributed by atoms with Crippen molar-refractivity contribution in [3.05, 3.63) is 35.4 Å². The van der Waals surface area contributed by atoms with Gasteiger partial charge in [0.2, 0.25) is 5.91 Å². The van der Waals surface area contributed by atoms with E-state index in [1.54, 1.807) is 7.05 Å². The number of aliphatic imine (C=N–C) groups is 1. The lowest BCUT2D eigenvalue weighted by Crippen LogP contribution is -2.45. The highest BCUT2D eigenvalue weighted by atomic mass is 127. The number of hydrogen-bond acceptors (Lipinski definition) is 3. The lowest BCUT2D eigenvalue weighted by atomic mass is 10.1. The fourth-order valence-electron chi connectivity index (χ4n) is 3.75. The second-order valence-corrected chi connectivity index (χ2v) is 7.97. The van der Waals surface area contributed by atoms with Crippen molar-refractivity contribution < 1.29 is 4.79 Å². The number of benzene rings is 1. The van der Waals surface area contributed by atoms with Gasteiger partial charge in [-0.3, -0.25) is 14.7 Å². The number of halogens is 1. The number of nitrogens with one attached hydrogen (secondary N) is 2.